The third kappa shape index (κ3) is 5.01. The van der Waals surface area contributed by atoms with E-state index in [9.17, 15) is 4.79 Å². The highest BCUT2D eigenvalue weighted by molar-refractivity contribution is 7.99. The highest BCUT2D eigenvalue weighted by Crippen LogP contribution is 2.33. The molecule has 0 saturated heterocycles. The fraction of sp³-hybridized carbons (Fsp3) is 0.294. The summed E-state index contributed by atoms with van der Waals surface area (Å²) in [5.74, 6) is -0.389. The van der Waals surface area contributed by atoms with Crippen molar-refractivity contribution < 1.29 is 9.63 Å². The fourth-order valence-electron chi connectivity index (χ4n) is 2.16. The summed E-state index contributed by atoms with van der Waals surface area (Å²) in [6.45, 7) is 4.19. The molecule has 0 aliphatic heterocycles. The van der Waals surface area contributed by atoms with Crippen LogP contribution in [0.15, 0.2) is 30.5 Å². The molecule has 2 aromatic rings. The van der Waals surface area contributed by atoms with Gasteiger partial charge in [0.2, 0.25) is 0 Å². The van der Waals surface area contributed by atoms with Gasteiger partial charge in [-0.05, 0) is 37.6 Å². The summed E-state index contributed by atoms with van der Waals surface area (Å²) < 4.78 is 2.04. The van der Waals surface area contributed by atoms with Crippen LogP contribution in [0.3, 0.4) is 0 Å². The minimum Gasteiger partial charge on any atom is -0.353 e. The van der Waals surface area contributed by atoms with Gasteiger partial charge in [0.05, 0.1) is 29.2 Å². The largest absolute Gasteiger partial charge is 0.353 e. The lowest BCUT2D eigenvalue weighted by Crippen LogP contribution is -2.24. The molecule has 0 aliphatic carbocycles. The van der Waals surface area contributed by atoms with Crippen LogP contribution in [-0.4, -0.2) is 30.8 Å². The molecule has 0 saturated carbocycles. The normalized spacial score (nSPS) is 10.4. The van der Waals surface area contributed by atoms with Crippen molar-refractivity contribution in [3.05, 3.63) is 46.7 Å². The number of aryl methyl sites for hydroxylation is 1. The Hall–Kier alpha value is -1.96. The number of amides is 1. The van der Waals surface area contributed by atoms with Gasteiger partial charge in [0, 0.05) is 19.5 Å². The average molecular weight is 381 g/mol. The lowest BCUT2D eigenvalue weighted by molar-refractivity contribution is 0.0365. The Balaban J connectivity index is 2.40. The quantitative estimate of drug-likeness (QED) is 0.426. The third-order valence-electron chi connectivity index (χ3n) is 3.46. The summed E-state index contributed by atoms with van der Waals surface area (Å²) in [4.78, 5) is 21.3. The van der Waals surface area contributed by atoms with Gasteiger partial charge in [-0.25, -0.2) is 10.5 Å². The van der Waals surface area contributed by atoms with Crippen LogP contribution in [0.1, 0.15) is 22.8 Å². The van der Waals surface area contributed by atoms with E-state index < -0.39 is 0 Å². The van der Waals surface area contributed by atoms with Crippen LogP contribution in [0.2, 0.25) is 5.15 Å². The van der Waals surface area contributed by atoms with Crippen LogP contribution in [0.5, 0.6) is 0 Å². The van der Waals surface area contributed by atoms with Gasteiger partial charge in [0.1, 0.15) is 5.15 Å². The van der Waals surface area contributed by atoms with Gasteiger partial charge in [-0.3, -0.25) is 9.63 Å². The van der Waals surface area contributed by atoms with Crippen molar-refractivity contribution in [2.45, 2.75) is 13.8 Å². The predicted octanol–water partition coefficient (Wildman–Crippen LogP) is 4.18. The van der Waals surface area contributed by atoms with E-state index in [-0.39, 0.29) is 5.91 Å². The first-order valence-corrected chi connectivity index (χ1v) is 9.25. The number of pyridine rings is 1. The van der Waals surface area contributed by atoms with E-state index in [0.717, 1.165) is 16.9 Å². The van der Waals surface area contributed by atoms with Crippen molar-refractivity contribution in [3.63, 3.8) is 0 Å². The smallest absolute Gasteiger partial charge is 0.278 e. The molecule has 0 atom stereocenters. The van der Waals surface area contributed by atoms with Crippen molar-refractivity contribution in [1.82, 2.24) is 10.5 Å². The lowest BCUT2D eigenvalue weighted by Gasteiger charge is -2.21. The molecule has 1 amide bonds. The van der Waals surface area contributed by atoms with Crippen LogP contribution in [0.4, 0.5) is 17.1 Å². The number of halogens is 1. The maximum Gasteiger partial charge on any atom is 0.278 e. The molecular weight excluding hydrogens is 360 g/mol. The molecule has 0 spiro atoms. The minimum absolute atomic E-state index is 0.294. The Bertz CT molecular complexity index is 757. The van der Waals surface area contributed by atoms with E-state index in [1.807, 2.05) is 36.7 Å². The van der Waals surface area contributed by atoms with Gasteiger partial charge >= 0.3 is 0 Å². The van der Waals surface area contributed by atoms with Crippen LogP contribution < -0.4 is 15.1 Å². The van der Waals surface area contributed by atoms with Crippen LogP contribution in [0.25, 0.3) is 0 Å². The monoisotopic (exact) mass is 380 g/mol. The Morgan fingerprint density at radius 2 is 2.12 bits per heavy atom. The summed E-state index contributed by atoms with van der Waals surface area (Å²) in [5.41, 5.74) is 6.27. The summed E-state index contributed by atoms with van der Waals surface area (Å²) in [6.07, 6.45) is 3.42. The minimum atomic E-state index is -0.389. The molecule has 0 unspecified atom stereocenters. The zero-order valence-electron chi connectivity index (χ0n) is 14.6. The number of benzene rings is 1. The summed E-state index contributed by atoms with van der Waals surface area (Å²) >= 11 is 7.61. The molecule has 0 radical (unpaired) electrons. The lowest BCUT2D eigenvalue weighted by atomic mass is 10.1. The zero-order valence-corrected chi connectivity index (χ0v) is 16.2. The van der Waals surface area contributed by atoms with Gasteiger partial charge in [-0.1, -0.05) is 29.6 Å². The molecule has 0 aliphatic rings. The molecule has 0 fully saturated rings. The SMILES string of the molecule is CCONC(=O)c1cnc(Cl)cc1Nc1ccc(C)cc1N(C)SC. The molecule has 2 rings (SSSR count). The standard InChI is InChI=1S/C17H21ClN4O2S/c1-5-24-21-17(23)12-10-19-16(18)9-14(12)20-13-7-6-11(2)8-15(13)22(3)25-4/h6-10H,5H2,1-4H3,(H,19,20)(H,21,23). The number of carbonyl (C=O) groups is 1. The maximum atomic E-state index is 12.3. The average Bonchev–Trinajstić information content (AvgIpc) is 2.60. The number of hydrogen-bond acceptors (Lipinski definition) is 6. The van der Waals surface area contributed by atoms with Crippen LogP contribution in [-0.2, 0) is 4.84 Å². The second-order valence-corrected chi connectivity index (χ2v) is 6.54. The molecule has 1 aromatic heterocycles. The van der Waals surface area contributed by atoms with E-state index >= 15 is 0 Å². The number of hydroxylamine groups is 1. The zero-order chi connectivity index (χ0) is 18.4. The summed E-state index contributed by atoms with van der Waals surface area (Å²) in [6, 6.07) is 7.66. The number of aromatic nitrogens is 1. The molecule has 25 heavy (non-hydrogen) atoms. The predicted molar refractivity (Wildman–Crippen MR) is 105 cm³/mol. The molecule has 1 heterocycles. The Morgan fingerprint density at radius 3 is 2.80 bits per heavy atom. The number of nitrogens with one attached hydrogen (secondary N) is 2. The highest BCUT2D eigenvalue weighted by Gasteiger charge is 2.15. The van der Waals surface area contributed by atoms with Crippen LogP contribution in [0, 0.1) is 6.92 Å². The van der Waals surface area contributed by atoms with E-state index in [4.69, 9.17) is 16.4 Å². The number of nitrogens with zero attached hydrogens (tertiary/aromatic N) is 2. The van der Waals surface area contributed by atoms with Crippen molar-refractivity contribution in [3.8, 4) is 0 Å². The molecular formula is C17H21ClN4O2S. The maximum absolute atomic E-state index is 12.3. The third-order valence-corrected chi connectivity index (χ3v) is 4.41. The van der Waals surface area contributed by atoms with E-state index in [1.165, 1.54) is 6.20 Å². The number of carbonyl (C=O) groups excluding carboxylic acids is 1. The Labute approximate surface area is 157 Å². The first kappa shape index (κ1) is 19.4. The topological polar surface area (TPSA) is 66.5 Å². The molecule has 1 aromatic carbocycles. The van der Waals surface area contributed by atoms with E-state index in [2.05, 4.69) is 21.8 Å². The van der Waals surface area contributed by atoms with Crippen molar-refractivity contribution in [2.24, 2.45) is 0 Å². The molecule has 2 N–H and O–H groups in total. The second-order valence-electron chi connectivity index (χ2n) is 5.24. The van der Waals surface area contributed by atoms with Gasteiger partial charge in [-0.15, -0.1) is 0 Å². The molecule has 134 valence electrons. The number of rotatable bonds is 7. The van der Waals surface area contributed by atoms with E-state index in [0.29, 0.717) is 23.0 Å². The molecule has 8 heteroatoms. The Kier molecular flexibility index (Phi) is 6.92. The van der Waals surface area contributed by atoms with Gasteiger partial charge in [0.25, 0.3) is 5.91 Å². The van der Waals surface area contributed by atoms with Crippen molar-refractivity contribution >= 4 is 46.5 Å². The second kappa shape index (κ2) is 8.94. The van der Waals surface area contributed by atoms with Crippen molar-refractivity contribution in [1.29, 1.82) is 0 Å². The number of anilines is 3. The summed E-state index contributed by atoms with van der Waals surface area (Å²) in [7, 11) is 1.98. The van der Waals surface area contributed by atoms with Crippen molar-refractivity contribution in [2.75, 3.05) is 29.5 Å². The van der Waals surface area contributed by atoms with Gasteiger partial charge in [0.15, 0.2) is 0 Å². The first-order valence-electron chi connectivity index (χ1n) is 7.69. The van der Waals surface area contributed by atoms with Gasteiger partial charge in [-0.2, -0.15) is 0 Å². The summed E-state index contributed by atoms with van der Waals surface area (Å²) in [5, 5.41) is 3.58. The van der Waals surface area contributed by atoms with Gasteiger partial charge < -0.3 is 9.62 Å². The Morgan fingerprint density at radius 1 is 1.36 bits per heavy atom. The van der Waals surface area contributed by atoms with E-state index in [1.54, 1.807) is 24.9 Å². The highest BCUT2D eigenvalue weighted by atomic mass is 35.5. The first-order chi connectivity index (χ1) is 12.0. The molecule has 6 nitrogen and oxygen atoms in total. The van der Waals surface area contributed by atoms with Crippen LogP contribution >= 0.6 is 23.5 Å². The fourth-order valence-corrected chi connectivity index (χ4v) is 2.66. The number of hydrogen-bond donors (Lipinski definition) is 2. The molecule has 0 bridgehead atoms.